The molecule has 0 aromatic heterocycles. The van der Waals surface area contributed by atoms with Crippen molar-refractivity contribution >= 4 is 21.6 Å². The highest BCUT2D eigenvalue weighted by Crippen LogP contribution is 2.29. The van der Waals surface area contributed by atoms with Crippen LogP contribution in [-0.2, 0) is 14.8 Å². The number of nitrogens with one attached hydrogen (secondary N) is 1. The highest BCUT2D eigenvalue weighted by molar-refractivity contribution is 7.92. The van der Waals surface area contributed by atoms with E-state index in [0.717, 1.165) is 13.1 Å². The summed E-state index contributed by atoms with van der Waals surface area (Å²) in [5, 5.41) is 0. The zero-order valence-corrected chi connectivity index (χ0v) is 22.6. The molecule has 1 saturated heterocycles. The Labute approximate surface area is 233 Å². The zero-order chi connectivity index (χ0) is 28.0. The first-order valence-electron chi connectivity index (χ1n) is 13.0. The van der Waals surface area contributed by atoms with Crippen LogP contribution in [0.5, 0.6) is 5.75 Å². The molecule has 1 amide bonds. The van der Waals surface area contributed by atoms with Gasteiger partial charge in [-0.2, -0.15) is 0 Å². The highest BCUT2D eigenvalue weighted by atomic mass is 32.2. The lowest BCUT2D eigenvalue weighted by molar-refractivity contribution is -0.135. The Bertz CT molecular complexity index is 1470. The van der Waals surface area contributed by atoms with Gasteiger partial charge in [0.2, 0.25) is 0 Å². The standard InChI is InChI=1S/C31H30FN3O4S/c32-26-11-13-27(14-12-26)33-40(37,38)29-17-15-28(16-18-29)39-23-30(36)34-19-21-35(22-20-34)31(24-7-3-1-4-8-24)25-9-5-2-6-10-25/h1-18,31,33H,19-23H2. The van der Waals surface area contributed by atoms with Crippen LogP contribution < -0.4 is 9.46 Å². The summed E-state index contributed by atoms with van der Waals surface area (Å²) in [6, 6.07) is 31.7. The number of benzene rings is 4. The van der Waals surface area contributed by atoms with Gasteiger partial charge in [-0.25, -0.2) is 12.8 Å². The van der Waals surface area contributed by atoms with E-state index in [2.05, 4.69) is 33.9 Å². The lowest BCUT2D eigenvalue weighted by atomic mass is 9.96. The van der Waals surface area contributed by atoms with Crippen LogP contribution >= 0.6 is 0 Å². The summed E-state index contributed by atoms with van der Waals surface area (Å²) < 4.78 is 46.4. The fraction of sp³-hybridized carbons (Fsp3) is 0.194. The largest absolute Gasteiger partial charge is 0.484 e. The molecule has 9 heteroatoms. The van der Waals surface area contributed by atoms with Crippen LogP contribution in [-0.4, -0.2) is 56.9 Å². The van der Waals surface area contributed by atoms with Crippen molar-refractivity contribution in [1.29, 1.82) is 0 Å². The monoisotopic (exact) mass is 559 g/mol. The normalized spacial score (nSPS) is 14.2. The number of anilines is 1. The average Bonchev–Trinajstić information content (AvgIpc) is 2.99. The summed E-state index contributed by atoms with van der Waals surface area (Å²) in [5.74, 6) is -0.185. The number of halogens is 1. The number of ether oxygens (including phenoxy) is 1. The van der Waals surface area contributed by atoms with Gasteiger partial charge in [-0.15, -0.1) is 0 Å². The SMILES string of the molecule is O=C(COc1ccc(S(=O)(=O)Nc2ccc(F)cc2)cc1)N1CCN(C(c2ccccc2)c2ccccc2)CC1. The first-order chi connectivity index (χ1) is 19.4. The highest BCUT2D eigenvalue weighted by Gasteiger charge is 2.28. The number of piperazine rings is 1. The maximum atomic E-state index is 13.1. The molecule has 0 radical (unpaired) electrons. The van der Waals surface area contributed by atoms with E-state index in [1.807, 2.05) is 36.4 Å². The Morgan fingerprint density at radius 2 is 1.32 bits per heavy atom. The Balaban J connectivity index is 1.15. The molecule has 0 spiro atoms. The van der Waals surface area contributed by atoms with Crippen LogP contribution in [0.25, 0.3) is 0 Å². The Hall–Kier alpha value is -4.21. The predicted octanol–water partition coefficient (Wildman–Crippen LogP) is 4.94. The summed E-state index contributed by atoms with van der Waals surface area (Å²) in [5.41, 5.74) is 2.69. The second kappa shape index (κ2) is 12.3. The summed E-state index contributed by atoms with van der Waals surface area (Å²) in [4.78, 5) is 17.1. The van der Waals surface area contributed by atoms with Gasteiger partial charge in [0, 0.05) is 31.9 Å². The van der Waals surface area contributed by atoms with Crippen molar-refractivity contribution in [2.75, 3.05) is 37.5 Å². The van der Waals surface area contributed by atoms with Gasteiger partial charge in [0.25, 0.3) is 15.9 Å². The minimum atomic E-state index is -3.85. The number of amides is 1. The van der Waals surface area contributed by atoms with Crippen molar-refractivity contribution in [3.63, 3.8) is 0 Å². The van der Waals surface area contributed by atoms with Gasteiger partial charge in [-0.1, -0.05) is 60.7 Å². The molecular weight excluding hydrogens is 529 g/mol. The molecule has 7 nitrogen and oxygen atoms in total. The molecule has 0 atom stereocenters. The molecule has 0 bridgehead atoms. The summed E-state index contributed by atoms with van der Waals surface area (Å²) in [6.07, 6.45) is 0. The molecule has 0 aliphatic carbocycles. The Morgan fingerprint density at radius 1 is 0.775 bits per heavy atom. The molecule has 206 valence electrons. The van der Waals surface area contributed by atoms with Gasteiger partial charge in [-0.05, 0) is 59.7 Å². The topological polar surface area (TPSA) is 78.9 Å². The van der Waals surface area contributed by atoms with E-state index in [-0.39, 0.29) is 29.1 Å². The summed E-state index contributed by atoms with van der Waals surface area (Å²) >= 11 is 0. The average molecular weight is 560 g/mol. The molecule has 0 saturated carbocycles. The number of rotatable bonds is 9. The molecule has 5 rings (SSSR count). The second-order valence-electron chi connectivity index (χ2n) is 9.51. The minimum Gasteiger partial charge on any atom is -0.484 e. The number of carbonyl (C=O) groups excluding carboxylic acids is 1. The van der Waals surface area contributed by atoms with E-state index in [0.29, 0.717) is 18.8 Å². The third-order valence-corrected chi connectivity index (χ3v) is 8.25. The van der Waals surface area contributed by atoms with Crippen LogP contribution in [0.3, 0.4) is 0 Å². The fourth-order valence-electron chi connectivity index (χ4n) is 4.80. The number of carbonyl (C=O) groups is 1. The Morgan fingerprint density at radius 3 is 1.88 bits per heavy atom. The predicted molar refractivity (Wildman–Crippen MR) is 152 cm³/mol. The maximum Gasteiger partial charge on any atom is 0.261 e. The number of hydrogen-bond acceptors (Lipinski definition) is 5. The van der Waals surface area contributed by atoms with E-state index in [1.54, 1.807) is 4.90 Å². The first-order valence-corrected chi connectivity index (χ1v) is 14.5. The fourth-order valence-corrected chi connectivity index (χ4v) is 5.86. The number of sulfonamides is 1. The van der Waals surface area contributed by atoms with E-state index < -0.39 is 15.8 Å². The molecule has 1 aliphatic rings. The van der Waals surface area contributed by atoms with Gasteiger partial charge in [0.15, 0.2) is 6.61 Å². The van der Waals surface area contributed by atoms with Gasteiger partial charge in [0.05, 0.1) is 10.9 Å². The molecule has 1 fully saturated rings. The van der Waals surface area contributed by atoms with Crippen molar-refractivity contribution in [1.82, 2.24) is 9.80 Å². The maximum absolute atomic E-state index is 13.1. The van der Waals surface area contributed by atoms with Crippen LogP contribution in [0.1, 0.15) is 17.2 Å². The van der Waals surface area contributed by atoms with Gasteiger partial charge >= 0.3 is 0 Å². The number of nitrogens with zero attached hydrogens (tertiary/aromatic N) is 2. The Kier molecular flexibility index (Phi) is 8.42. The van der Waals surface area contributed by atoms with Gasteiger partial charge in [0.1, 0.15) is 11.6 Å². The minimum absolute atomic E-state index is 0.0259. The van der Waals surface area contributed by atoms with E-state index >= 15 is 0 Å². The molecule has 4 aromatic carbocycles. The lowest BCUT2D eigenvalue weighted by Crippen LogP contribution is -2.51. The van der Waals surface area contributed by atoms with Crippen LogP contribution in [0.15, 0.2) is 114 Å². The molecule has 1 heterocycles. The third-order valence-electron chi connectivity index (χ3n) is 6.86. The number of hydrogen-bond donors (Lipinski definition) is 1. The molecule has 1 aliphatic heterocycles. The second-order valence-corrected chi connectivity index (χ2v) is 11.2. The van der Waals surface area contributed by atoms with Gasteiger partial charge < -0.3 is 9.64 Å². The van der Waals surface area contributed by atoms with Crippen molar-refractivity contribution in [2.45, 2.75) is 10.9 Å². The van der Waals surface area contributed by atoms with E-state index in [4.69, 9.17) is 4.74 Å². The summed E-state index contributed by atoms with van der Waals surface area (Å²) in [7, 11) is -3.85. The lowest BCUT2D eigenvalue weighted by Gasteiger charge is -2.39. The third kappa shape index (κ3) is 6.67. The van der Waals surface area contributed by atoms with Crippen molar-refractivity contribution < 1.29 is 22.3 Å². The van der Waals surface area contributed by atoms with Crippen LogP contribution in [0.4, 0.5) is 10.1 Å². The molecular formula is C31H30FN3O4S. The first kappa shape index (κ1) is 27.4. The molecule has 1 N–H and O–H groups in total. The van der Waals surface area contributed by atoms with Crippen molar-refractivity contribution in [3.8, 4) is 5.75 Å². The van der Waals surface area contributed by atoms with Crippen LogP contribution in [0.2, 0.25) is 0 Å². The zero-order valence-electron chi connectivity index (χ0n) is 21.8. The van der Waals surface area contributed by atoms with E-state index in [1.165, 1.54) is 59.7 Å². The van der Waals surface area contributed by atoms with Crippen molar-refractivity contribution in [3.05, 3.63) is 126 Å². The smallest absolute Gasteiger partial charge is 0.261 e. The quantitative estimate of drug-likeness (QED) is 0.314. The molecule has 0 unspecified atom stereocenters. The molecule has 40 heavy (non-hydrogen) atoms. The van der Waals surface area contributed by atoms with Crippen molar-refractivity contribution in [2.24, 2.45) is 0 Å². The molecule has 4 aromatic rings. The van der Waals surface area contributed by atoms with Gasteiger partial charge in [-0.3, -0.25) is 14.4 Å². The van der Waals surface area contributed by atoms with E-state index in [9.17, 15) is 17.6 Å². The summed E-state index contributed by atoms with van der Waals surface area (Å²) in [6.45, 7) is 2.50. The van der Waals surface area contributed by atoms with Crippen LogP contribution in [0, 0.1) is 5.82 Å².